The molecule has 0 heterocycles. The van der Waals surface area contributed by atoms with Crippen molar-refractivity contribution in [3.8, 4) is 0 Å². The molecule has 1 amide bonds. The Labute approximate surface area is 114 Å². The molecule has 1 aromatic carbocycles. The minimum Gasteiger partial charge on any atom is -0.374 e. The number of rotatable bonds is 5. The Kier molecular flexibility index (Phi) is 5.48. The molecule has 0 saturated carbocycles. The zero-order chi connectivity index (χ0) is 13.7. The summed E-state index contributed by atoms with van der Waals surface area (Å²) in [6.07, 6.45) is 0. The minimum absolute atomic E-state index is 0.00285. The average molecular weight is 269 g/mol. The predicted octanol–water partition coefficient (Wildman–Crippen LogP) is 3.22. The molecule has 0 fully saturated rings. The largest absolute Gasteiger partial charge is 0.374 e. The van der Waals surface area contributed by atoms with Gasteiger partial charge in [-0.05, 0) is 37.5 Å². The zero-order valence-electron chi connectivity index (χ0n) is 11.4. The van der Waals surface area contributed by atoms with E-state index in [9.17, 15) is 4.79 Å². The molecule has 1 atom stereocenters. The van der Waals surface area contributed by atoms with E-state index < -0.39 is 0 Å². The first kappa shape index (κ1) is 14.8. The molecule has 0 spiro atoms. The summed E-state index contributed by atoms with van der Waals surface area (Å²) in [5.74, 6) is 0.456. The van der Waals surface area contributed by atoms with Crippen molar-refractivity contribution in [3.05, 3.63) is 28.8 Å². The molecule has 18 heavy (non-hydrogen) atoms. The monoisotopic (exact) mass is 268 g/mol. The summed E-state index contributed by atoms with van der Waals surface area (Å²) in [6.45, 7) is 8.66. The van der Waals surface area contributed by atoms with Crippen molar-refractivity contribution in [1.82, 2.24) is 5.32 Å². The standard InChI is InChI=1S/C14H21ClN2O/c1-9(2)8-16-14(18)11(4)17-13-7-12(15)6-5-10(13)3/h5-7,9,11,17H,8H2,1-4H3,(H,16,18). The van der Waals surface area contributed by atoms with E-state index in [0.717, 1.165) is 11.3 Å². The highest BCUT2D eigenvalue weighted by atomic mass is 35.5. The molecule has 0 saturated heterocycles. The van der Waals surface area contributed by atoms with E-state index in [1.54, 1.807) is 0 Å². The maximum absolute atomic E-state index is 11.8. The first-order chi connectivity index (χ1) is 8.40. The molecule has 0 aliphatic rings. The second-order valence-corrected chi connectivity index (χ2v) is 5.40. The van der Waals surface area contributed by atoms with Crippen LogP contribution < -0.4 is 10.6 Å². The molecule has 0 aliphatic heterocycles. The highest BCUT2D eigenvalue weighted by Gasteiger charge is 2.13. The minimum atomic E-state index is -0.277. The third kappa shape index (κ3) is 4.57. The Balaban J connectivity index is 2.60. The van der Waals surface area contributed by atoms with Gasteiger partial charge in [0.15, 0.2) is 0 Å². The van der Waals surface area contributed by atoms with Gasteiger partial charge in [-0.3, -0.25) is 4.79 Å². The molecule has 4 heteroatoms. The van der Waals surface area contributed by atoms with E-state index >= 15 is 0 Å². The van der Waals surface area contributed by atoms with Gasteiger partial charge in [0.1, 0.15) is 6.04 Å². The fourth-order valence-corrected chi connectivity index (χ4v) is 1.68. The third-order valence-electron chi connectivity index (χ3n) is 2.65. The van der Waals surface area contributed by atoms with Gasteiger partial charge in [0, 0.05) is 17.3 Å². The molecule has 1 rings (SSSR count). The van der Waals surface area contributed by atoms with E-state index in [1.807, 2.05) is 32.0 Å². The molecule has 2 N–H and O–H groups in total. The maximum atomic E-state index is 11.8. The van der Waals surface area contributed by atoms with Crippen LogP contribution in [0.15, 0.2) is 18.2 Å². The quantitative estimate of drug-likeness (QED) is 0.861. The van der Waals surface area contributed by atoms with Crippen molar-refractivity contribution in [2.75, 3.05) is 11.9 Å². The summed E-state index contributed by atoms with van der Waals surface area (Å²) in [5.41, 5.74) is 1.97. The Morgan fingerprint density at radius 2 is 2.00 bits per heavy atom. The van der Waals surface area contributed by atoms with Gasteiger partial charge >= 0.3 is 0 Å². The molecule has 0 radical (unpaired) electrons. The molecule has 0 aromatic heterocycles. The van der Waals surface area contributed by atoms with Gasteiger partial charge in [-0.15, -0.1) is 0 Å². The van der Waals surface area contributed by atoms with Gasteiger partial charge in [0.05, 0.1) is 0 Å². The summed E-state index contributed by atoms with van der Waals surface area (Å²) >= 11 is 5.94. The number of carbonyl (C=O) groups excluding carboxylic acids is 1. The highest BCUT2D eigenvalue weighted by molar-refractivity contribution is 6.30. The predicted molar refractivity (Wildman–Crippen MR) is 77.1 cm³/mol. The van der Waals surface area contributed by atoms with Crippen molar-refractivity contribution in [1.29, 1.82) is 0 Å². The molecule has 100 valence electrons. The number of amides is 1. The number of benzene rings is 1. The number of nitrogens with one attached hydrogen (secondary N) is 2. The smallest absolute Gasteiger partial charge is 0.242 e. The van der Waals surface area contributed by atoms with Crippen LogP contribution in [0.2, 0.25) is 5.02 Å². The molecular formula is C14H21ClN2O. The van der Waals surface area contributed by atoms with Crippen LogP contribution in [0.5, 0.6) is 0 Å². The van der Waals surface area contributed by atoms with E-state index in [1.165, 1.54) is 0 Å². The van der Waals surface area contributed by atoms with E-state index in [4.69, 9.17) is 11.6 Å². The van der Waals surface area contributed by atoms with Crippen LogP contribution >= 0.6 is 11.6 Å². The van der Waals surface area contributed by atoms with Gasteiger partial charge in [0.25, 0.3) is 0 Å². The van der Waals surface area contributed by atoms with Crippen molar-refractivity contribution in [2.45, 2.75) is 33.7 Å². The Morgan fingerprint density at radius 3 is 2.61 bits per heavy atom. The lowest BCUT2D eigenvalue weighted by molar-refractivity contribution is -0.121. The topological polar surface area (TPSA) is 41.1 Å². The zero-order valence-corrected chi connectivity index (χ0v) is 12.1. The molecule has 0 bridgehead atoms. The lowest BCUT2D eigenvalue weighted by atomic mass is 10.1. The molecule has 1 aromatic rings. The highest BCUT2D eigenvalue weighted by Crippen LogP contribution is 2.20. The first-order valence-corrected chi connectivity index (χ1v) is 6.58. The fourth-order valence-electron chi connectivity index (χ4n) is 1.51. The van der Waals surface area contributed by atoms with Gasteiger partial charge in [-0.2, -0.15) is 0 Å². The lowest BCUT2D eigenvalue weighted by Crippen LogP contribution is -2.39. The van der Waals surface area contributed by atoms with Gasteiger partial charge in [-0.1, -0.05) is 31.5 Å². The Hall–Kier alpha value is -1.22. The van der Waals surface area contributed by atoms with Gasteiger partial charge in [0.2, 0.25) is 5.91 Å². The summed E-state index contributed by atoms with van der Waals surface area (Å²) in [4.78, 5) is 11.8. The number of halogens is 1. The van der Waals surface area contributed by atoms with Crippen LogP contribution in [0.1, 0.15) is 26.3 Å². The normalized spacial score (nSPS) is 12.3. The molecule has 1 unspecified atom stereocenters. The van der Waals surface area contributed by atoms with Crippen LogP contribution in [-0.2, 0) is 4.79 Å². The van der Waals surface area contributed by atoms with Crippen LogP contribution in [0.3, 0.4) is 0 Å². The maximum Gasteiger partial charge on any atom is 0.242 e. The molecular weight excluding hydrogens is 248 g/mol. The van der Waals surface area contributed by atoms with Crippen LogP contribution in [0.25, 0.3) is 0 Å². The average Bonchev–Trinajstić information content (AvgIpc) is 2.30. The van der Waals surface area contributed by atoms with Crippen LogP contribution in [0, 0.1) is 12.8 Å². The first-order valence-electron chi connectivity index (χ1n) is 6.20. The van der Waals surface area contributed by atoms with Gasteiger partial charge < -0.3 is 10.6 Å². The number of hydrogen-bond donors (Lipinski definition) is 2. The second kappa shape index (κ2) is 6.64. The lowest BCUT2D eigenvalue weighted by Gasteiger charge is -2.17. The number of aryl methyl sites for hydroxylation is 1. The van der Waals surface area contributed by atoms with Crippen molar-refractivity contribution < 1.29 is 4.79 Å². The number of anilines is 1. The van der Waals surface area contributed by atoms with E-state index in [2.05, 4.69) is 24.5 Å². The molecule has 3 nitrogen and oxygen atoms in total. The molecule has 0 aliphatic carbocycles. The summed E-state index contributed by atoms with van der Waals surface area (Å²) < 4.78 is 0. The summed E-state index contributed by atoms with van der Waals surface area (Å²) in [5, 5.41) is 6.74. The summed E-state index contributed by atoms with van der Waals surface area (Å²) in [6, 6.07) is 5.33. The Morgan fingerprint density at radius 1 is 1.33 bits per heavy atom. The Bertz CT molecular complexity index is 418. The van der Waals surface area contributed by atoms with E-state index in [-0.39, 0.29) is 11.9 Å². The van der Waals surface area contributed by atoms with Crippen molar-refractivity contribution in [3.63, 3.8) is 0 Å². The number of carbonyl (C=O) groups is 1. The van der Waals surface area contributed by atoms with Gasteiger partial charge in [-0.25, -0.2) is 0 Å². The van der Waals surface area contributed by atoms with Crippen molar-refractivity contribution in [2.24, 2.45) is 5.92 Å². The van der Waals surface area contributed by atoms with Crippen molar-refractivity contribution >= 4 is 23.2 Å². The SMILES string of the molecule is Cc1ccc(Cl)cc1NC(C)C(=O)NCC(C)C. The second-order valence-electron chi connectivity index (χ2n) is 4.96. The summed E-state index contributed by atoms with van der Waals surface area (Å²) in [7, 11) is 0. The number of hydrogen-bond acceptors (Lipinski definition) is 2. The third-order valence-corrected chi connectivity index (χ3v) is 2.88. The van der Waals surface area contributed by atoms with E-state index in [0.29, 0.717) is 17.5 Å². The fraction of sp³-hybridized carbons (Fsp3) is 0.500. The van der Waals surface area contributed by atoms with Crippen LogP contribution in [0.4, 0.5) is 5.69 Å². The van der Waals surface area contributed by atoms with Crippen LogP contribution in [-0.4, -0.2) is 18.5 Å².